The minimum absolute atomic E-state index is 0. The molecular weight excluding hydrogens is 260 g/mol. The molecule has 0 saturated carbocycles. The Morgan fingerprint density at radius 1 is 1.53 bits per heavy atom. The summed E-state index contributed by atoms with van der Waals surface area (Å²) in [5.41, 5.74) is 0. The van der Waals surface area contributed by atoms with E-state index in [1.54, 1.807) is 0 Å². The number of imidazole rings is 1. The van der Waals surface area contributed by atoms with Gasteiger partial charge in [-0.2, -0.15) is 0 Å². The molecule has 0 aromatic carbocycles. The second kappa shape index (κ2) is 6.61. The molecule has 0 aliphatic heterocycles. The monoisotopic (exact) mass is 276 g/mol. The van der Waals surface area contributed by atoms with Crippen LogP contribution in [0.25, 0.3) is 0 Å². The maximum atomic E-state index is 11.5. The van der Waals surface area contributed by atoms with Crippen molar-refractivity contribution in [3.63, 3.8) is 0 Å². The van der Waals surface area contributed by atoms with E-state index in [0.29, 0.717) is 6.61 Å². The van der Waals surface area contributed by atoms with Crippen LogP contribution in [0.4, 0.5) is 0 Å². The zero-order chi connectivity index (χ0) is 10.6. The van der Waals surface area contributed by atoms with Crippen molar-refractivity contribution in [2.75, 3.05) is 6.61 Å². The summed E-state index contributed by atoms with van der Waals surface area (Å²) >= 11 is 0. The minimum atomic E-state index is -0.198. The molecule has 4 nitrogen and oxygen atoms in total. The van der Waals surface area contributed by atoms with Crippen LogP contribution >= 0.6 is 0 Å². The van der Waals surface area contributed by atoms with Gasteiger partial charge in [-0.3, -0.25) is 0 Å². The number of esters is 1. The lowest BCUT2D eigenvalue weighted by molar-refractivity contribution is -0.671. The SMILES string of the molecule is CCOC(=O)C(CC)n1cc[n+](C)c1.[Br-]. The molecule has 0 aliphatic carbocycles. The Hall–Kier alpha value is -0.840. The second-order valence-electron chi connectivity index (χ2n) is 3.20. The highest BCUT2D eigenvalue weighted by atomic mass is 79.9. The van der Waals surface area contributed by atoms with Gasteiger partial charge in [-0.25, -0.2) is 13.9 Å². The summed E-state index contributed by atoms with van der Waals surface area (Å²) in [7, 11) is 1.92. The number of rotatable bonds is 4. The highest BCUT2D eigenvalue weighted by Crippen LogP contribution is 2.11. The number of aromatic nitrogens is 2. The molecule has 0 fully saturated rings. The normalized spacial score (nSPS) is 11.7. The highest BCUT2D eigenvalue weighted by molar-refractivity contribution is 5.74. The molecule has 0 aliphatic rings. The largest absolute Gasteiger partial charge is 1.00 e. The maximum absolute atomic E-state index is 11.5. The van der Waals surface area contributed by atoms with Crippen molar-refractivity contribution in [1.82, 2.24) is 4.57 Å². The lowest BCUT2D eigenvalue weighted by Crippen LogP contribution is -3.00. The van der Waals surface area contributed by atoms with Gasteiger partial charge in [0.05, 0.1) is 13.7 Å². The molecular formula is C10H17BrN2O2. The van der Waals surface area contributed by atoms with Gasteiger partial charge < -0.3 is 21.7 Å². The summed E-state index contributed by atoms with van der Waals surface area (Å²) in [5.74, 6) is -0.161. The van der Waals surface area contributed by atoms with Gasteiger partial charge in [0.1, 0.15) is 12.4 Å². The first-order chi connectivity index (χ1) is 6.69. The molecule has 5 heteroatoms. The summed E-state index contributed by atoms with van der Waals surface area (Å²) in [6.07, 6.45) is 6.41. The molecule has 0 N–H and O–H groups in total. The van der Waals surface area contributed by atoms with E-state index in [4.69, 9.17) is 4.74 Å². The van der Waals surface area contributed by atoms with Gasteiger partial charge >= 0.3 is 5.97 Å². The predicted octanol–water partition coefficient (Wildman–Crippen LogP) is -2.17. The Bertz CT molecular complexity index is 312. The van der Waals surface area contributed by atoms with Crippen molar-refractivity contribution in [1.29, 1.82) is 0 Å². The van der Waals surface area contributed by atoms with E-state index < -0.39 is 0 Å². The summed E-state index contributed by atoms with van der Waals surface area (Å²) in [5, 5.41) is 0. The van der Waals surface area contributed by atoms with Crippen LogP contribution in [0.15, 0.2) is 18.7 Å². The summed E-state index contributed by atoms with van der Waals surface area (Å²) in [4.78, 5) is 11.5. The van der Waals surface area contributed by atoms with Gasteiger partial charge in [0.15, 0.2) is 6.04 Å². The summed E-state index contributed by atoms with van der Waals surface area (Å²) < 4.78 is 8.77. The third-order valence-electron chi connectivity index (χ3n) is 2.09. The fourth-order valence-corrected chi connectivity index (χ4v) is 1.39. The molecule has 0 bridgehead atoms. The van der Waals surface area contributed by atoms with E-state index in [-0.39, 0.29) is 29.0 Å². The Labute approximate surface area is 101 Å². The number of ether oxygens (including phenoxy) is 1. The van der Waals surface area contributed by atoms with Crippen LogP contribution in [0, 0.1) is 0 Å². The number of halogens is 1. The second-order valence-corrected chi connectivity index (χ2v) is 3.20. The number of hydrogen-bond donors (Lipinski definition) is 0. The van der Waals surface area contributed by atoms with Crippen molar-refractivity contribution in [3.8, 4) is 0 Å². The zero-order valence-corrected chi connectivity index (χ0v) is 10.9. The van der Waals surface area contributed by atoms with Crippen LogP contribution < -0.4 is 21.5 Å². The fourth-order valence-electron chi connectivity index (χ4n) is 1.39. The Morgan fingerprint density at radius 3 is 2.60 bits per heavy atom. The van der Waals surface area contributed by atoms with Crippen LogP contribution in [0.3, 0.4) is 0 Å². The molecule has 1 atom stereocenters. The third kappa shape index (κ3) is 3.66. The molecule has 0 spiro atoms. The quantitative estimate of drug-likeness (QED) is 0.464. The summed E-state index contributed by atoms with van der Waals surface area (Å²) in [6.45, 7) is 4.23. The third-order valence-corrected chi connectivity index (χ3v) is 2.09. The average molecular weight is 277 g/mol. The highest BCUT2D eigenvalue weighted by Gasteiger charge is 2.23. The van der Waals surface area contributed by atoms with Gasteiger partial charge in [-0.15, -0.1) is 0 Å². The lowest BCUT2D eigenvalue weighted by Gasteiger charge is -2.09. The van der Waals surface area contributed by atoms with Crippen LogP contribution in [0.5, 0.6) is 0 Å². The topological polar surface area (TPSA) is 35.1 Å². The molecule has 1 rings (SSSR count). The number of aryl methyl sites for hydroxylation is 1. The van der Waals surface area contributed by atoms with Crippen LogP contribution in [0.2, 0.25) is 0 Å². The number of hydrogen-bond acceptors (Lipinski definition) is 2. The molecule has 0 saturated heterocycles. The van der Waals surface area contributed by atoms with Crippen LogP contribution in [-0.2, 0) is 16.6 Å². The number of carbonyl (C=O) groups is 1. The molecule has 1 aromatic heterocycles. The first kappa shape index (κ1) is 14.2. The Morgan fingerprint density at radius 2 is 2.20 bits per heavy atom. The first-order valence-electron chi connectivity index (χ1n) is 4.88. The van der Waals surface area contributed by atoms with Crippen LogP contribution in [0.1, 0.15) is 26.3 Å². The number of carbonyl (C=O) groups excluding carboxylic acids is 1. The van der Waals surface area contributed by atoms with Crippen molar-refractivity contribution < 1.29 is 31.1 Å². The minimum Gasteiger partial charge on any atom is -1.00 e. The lowest BCUT2D eigenvalue weighted by atomic mass is 10.2. The molecule has 86 valence electrons. The van der Waals surface area contributed by atoms with Gasteiger partial charge in [0.25, 0.3) is 0 Å². The van der Waals surface area contributed by atoms with Crippen molar-refractivity contribution in [3.05, 3.63) is 18.7 Å². The number of nitrogens with zero attached hydrogens (tertiary/aromatic N) is 2. The molecule has 1 heterocycles. The van der Waals surface area contributed by atoms with Crippen molar-refractivity contribution in [2.24, 2.45) is 7.05 Å². The van der Waals surface area contributed by atoms with E-state index in [9.17, 15) is 4.79 Å². The molecule has 0 radical (unpaired) electrons. The van der Waals surface area contributed by atoms with E-state index in [1.807, 2.05) is 48.8 Å². The zero-order valence-electron chi connectivity index (χ0n) is 9.31. The Kier molecular flexibility index (Phi) is 6.24. The maximum Gasteiger partial charge on any atom is 0.351 e. The van der Waals surface area contributed by atoms with Gasteiger partial charge in [0, 0.05) is 0 Å². The van der Waals surface area contributed by atoms with E-state index in [2.05, 4.69) is 0 Å². The van der Waals surface area contributed by atoms with Crippen molar-refractivity contribution in [2.45, 2.75) is 26.3 Å². The molecule has 15 heavy (non-hydrogen) atoms. The smallest absolute Gasteiger partial charge is 0.351 e. The molecule has 1 unspecified atom stereocenters. The average Bonchev–Trinajstić information content (AvgIpc) is 2.54. The van der Waals surface area contributed by atoms with Gasteiger partial charge in [0.2, 0.25) is 6.33 Å². The van der Waals surface area contributed by atoms with E-state index >= 15 is 0 Å². The van der Waals surface area contributed by atoms with Crippen LogP contribution in [-0.4, -0.2) is 17.1 Å². The van der Waals surface area contributed by atoms with Gasteiger partial charge in [-0.05, 0) is 13.3 Å². The fraction of sp³-hybridized carbons (Fsp3) is 0.600. The summed E-state index contributed by atoms with van der Waals surface area (Å²) in [6, 6.07) is -0.198. The standard InChI is InChI=1S/C10H17N2O2.BrH/c1-4-9(10(13)14-5-2)12-7-6-11(3)8-12;/h6-9H,4-5H2,1-3H3;1H/q+1;/p-1. The Balaban J connectivity index is 0.00000196. The predicted molar refractivity (Wildman–Crippen MR) is 51.6 cm³/mol. The van der Waals surface area contributed by atoms with Crippen molar-refractivity contribution >= 4 is 5.97 Å². The first-order valence-corrected chi connectivity index (χ1v) is 4.88. The molecule has 0 amide bonds. The van der Waals surface area contributed by atoms with E-state index in [0.717, 1.165) is 6.42 Å². The van der Waals surface area contributed by atoms with E-state index in [1.165, 1.54) is 0 Å². The van der Waals surface area contributed by atoms with Gasteiger partial charge in [-0.1, -0.05) is 6.92 Å². The molecule has 1 aromatic rings.